The lowest BCUT2D eigenvalue weighted by Crippen LogP contribution is -2.35. The van der Waals surface area contributed by atoms with Gasteiger partial charge in [0, 0.05) is 13.2 Å². The van der Waals surface area contributed by atoms with Gasteiger partial charge in [-0.25, -0.2) is 0 Å². The molecular weight excluding hydrogens is 164 g/mol. The molecule has 1 aliphatic heterocycles. The Hall–Kier alpha value is -0.0800. The number of ether oxygens (including phenoxy) is 1. The summed E-state index contributed by atoms with van der Waals surface area (Å²) in [6.45, 7) is 8.02. The minimum atomic E-state index is -0.202. The summed E-state index contributed by atoms with van der Waals surface area (Å²) in [6, 6.07) is 0. The Kier molecular flexibility index (Phi) is 4.20. The first-order valence-electron chi connectivity index (χ1n) is 5.38. The predicted molar refractivity (Wildman–Crippen MR) is 53.6 cm³/mol. The van der Waals surface area contributed by atoms with Crippen molar-refractivity contribution < 1.29 is 9.84 Å². The van der Waals surface area contributed by atoms with E-state index < -0.39 is 0 Å². The zero-order valence-electron chi connectivity index (χ0n) is 8.99. The summed E-state index contributed by atoms with van der Waals surface area (Å²) < 4.78 is 5.45. The largest absolute Gasteiger partial charge is 0.393 e. The van der Waals surface area contributed by atoms with Gasteiger partial charge in [0.25, 0.3) is 0 Å². The molecule has 13 heavy (non-hydrogen) atoms. The number of aliphatic hydroxyl groups excluding tert-OH is 1. The molecule has 1 fully saturated rings. The lowest BCUT2D eigenvalue weighted by molar-refractivity contribution is -0.0221. The Bertz CT molecular complexity index is 129. The van der Waals surface area contributed by atoms with Crippen LogP contribution in [0.5, 0.6) is 0 Å². The number of rotatable bonds is 3. The first-order chi connectivity index (χ1) is 6.13. The van der Waals surface area contributed by atoms with Crippen molar-refractivity contribution in [2.45, 2.75) is 39.7 Å². The van der Waals surface area contributed by atoms with Crippen LogP contribution in [0.15, 0.2) is 0 Å². The van der Waals surface area contributed by atoms with Gasteiger partial charge in [0.15, 0.2) is 0 Å². The Morgan fingerprint density at radius 2 is 2.00 bits per heavy atom. The molecule has 0 aliphatic carbocycles. The molecule has 78 valence electrons. The number of hydrogen-bond donors (Lipinski definition) is 1. The van der Waals surface area contributed by atoms with Gasteiger partial charge in [-0.3, -0.25) is 0 Å². The smallest absolute Gasteiger partial charge is 0.0546 e. The molecule has 2 nitrogen and oxygen atoms in total. The quantitative estimate of drug-likeness (QED) is 0.731. The van der Waals surface area contributed by atoms with Crippen LogP contribution >= 0.6 is 0 Å². The average Bonchev–Trinajstić information content (AvgIpc) is 2.04. The summed E-state index contributed by atoms with van der Waals surface area (Å²) in [5.41, 5.74) is 0. The SMILES string of the molecule is CC(C)C(C(C)O)C1CCCOC1. The zero-order valence-corrected chi connectivity index (χ0v) is 8.99. The van der Waals surface area contributed by atoms with Gasteiger partial charge in [-0.05, 0) is 37.5 Å². The third kappa shape index (κ3) is 2.96. The van der Waals surface area contributed by atoms with Crippen LogP contribution in [0.25, 0.3) is 0 Å². The molecule has 3 atom stereocenters. The fourth-order valence-electron chi connectivity index (χ4n) is 2.56. The molecule has 1 rings (SSSR count). The molecule has 0 aromatic carbocycles. The van der Waals surface area contributed by atoms with Gasteiger partial charge in [-0.1, -0.05) is 13.8 Å². The second-order valence-electron chi connectivity index (χ2n) is 4.54. The highest BCUT2D eigenvalue weighted by atomic mass is 16.5. The van der Waals surface area contributed by atoms with Gasteiger partial charge in [0.2, 0.25) is 0 Å². The summed E-state index contributed by atoms with van der Waals surface area (Å²) >= 11 is 0. The van der Waals surface area contributed by atoms with E-state index in [1.165, 1.54) is 6.42 Å². The molecule has 0 spiro atoms. The Morgan fingerprint density at radius 3 is 2.38 bits per heavy atom. The number of aliphatic hydroxyl groups is 1. The Morgan fingerprint density at radius 1 is 1.31 bits per heavy atom. The Labute approximate surface area is 81.3 Å². The first-order valence-corrected chi connectivity index (χ1v) is 5.38. The molecular formula is C11H22O2. The summed E-state index contributed by atoms with van der Waals surface area (Å²) in [7, 11) is 0. The third-order valence-electron chi connectivity index (χ3n) is 3.07. The van der Waals surface area contributed by atoms with Gasteiger partial charge < -0.3 is 9.84 Å². The van der Waals surface area contributed by atoms with Crippen molar-refractivity contribution in [2.75, 3.05) is 13.2 Å². The molecule has 2 heteroatoms. The van der Waals surface area contributed by atoms with Crippen molar-refractivity contribution in [2.24, 2.45) is 17.8 Å². The molecule has 0 bridgehead atoms. The highest BCUT2D eigenvalue weighted by Crippen LogP contribution is 2.30. The lowest BCUT2D eigenvalue weighted by Gasteiger charge is -2.34. The van der Waals surface area contributed by atoms with E-state index in [9.17, 15) is 5.11 Å². The van der Waals surface area contributed by atoms with Crippen molar-refractivity contribution in [1.82, 2.24) is 0 Å². The van der Waals surface area contributed by atoms with E-state index in [0.29, 0.717) is 17.8 Å². The molecule has 3 unspecified atom stereocenters. The van der Waals surface area contributed by atoms with E-state index in [0.717, 1.165) is 19.6 Å². The molecule has 1 N–H and O–H groups in total. The Balaban J connectivity index is 2.52. The monoisotopic (exact) mass is 186 g/mol. The van der Waals surface area contributed by atoms with Crippen molar-refractivity contribution in [3.63, 3.8) is 0 Å². The van der Waals surface area contributed by atoms with Crippen LogP contribution < -0.4 is 0 Å². The van der Waals surface area contributed by atoms with Crippen LogP contribution in [-0.2, 0) is 4.74 Å². The molecule has 0 saturated carbocycles. The zero-order chi connectivity index (χ0) is 9.84. The maximum atomic E-state index is 9.68. The van der Waals surface area contributed by atoms with Crippen LogP contribution in [0.4, 0.5) is 0 Å². The van der Waals surface area contributed by atoms with Gasteiger partial charge in [-0.2, -0.15) is 0 Å². The second-order valence-corrected chi connectivity index (χ2v) is 4.54. The molecule has 0 aromatic rings. The van der Waals surface area contributed by atoms with E-state index in [1.54, 1.807) is 0 Å². The third-order valence-corrected chi connectivity index (χ3v) is 3.07. The normalized spacial score (nSPS) is 28.8. The van der Waals surface area contributed by atoms with Crippen molar-refractivity contribution in [1.29, 1.82) is 0 Å². The van der Waals surface area contributed by atoms with Crippen LogP contribution in [0.2, 0.25) is 0 Å². The lowest BCUT2D eigenvalue weighted by atomic mass is 9.77. The van der Waals surface area contributed by atoms with Gasteiger partial charge in [-0.15, -0.1) is 0 Å². The standard InChI is InChI=1S/C11H22O2/c1-8(2)11(9(3)12)10-5-4-6-13-7-10/h8-12H,4-7H2,1-3H3. The minimum Gasteiger partial charge on any atom is -0.393 e. The average molecular weight is 186 g/mol. The van der Waals surface area contributed by atoms with Crippen LogP contribution in [0.1, 0.15) is 33.6 Å². The highest BCUT2D eigenvalue weighted by molar-refractivity contribution is 4.78. The molecule has 1 heterocycles. The van der Waals surface area contributed by atoms with Crippen LogP contribution in [-0.4, -0.2) is 24.4 Å². The van der Waals surface area contributed by atoms with E-state index in [4.69, 9.17) is 4.74 Å². The van der Waals surface area contributed by atoms with E-state index in [-0.39, 0.29) is 6.10 Å². The second kappa shape index (κ2) is 4.97. The first kappa shape index (κ1) is 11.0. The summed E-state index contributed by atoms with van der Waals surface area (Å²) in [5, 5.41) is 9.68. The van der Waals surface area contributed by atoms with Crippen LogP contribution in [0, 0.1) is 17.8 Å². The summed E-state index contributed by atoms with van der Waals surface area (Å²) in [4.78, 5) is 0. The maximum Gasteiger partial charge on any atom is 0.0546 e. The number of hydrogen-bond acceptors (Lipinski definition) is 2. The fraction of sp³-hybridized carbons (Fsp3) is 1.00. The molecule has 0 amide bonds. The van der Waals surface area contributed by atoms with E-state index in [1.807, 2.05) is 6.92 Å². The maximum absolute atomic E-state index is 9.68. The summed E-state index contributed by atoms with van der Waals surface area (Å²) in [6.07, 6.45) is 2.17. The topological polar surface area (TPSA) is 29.5 Å². The van der Waals surface area contributed by atoms with Crippen molar-refractivity contribution in [3.8, 4) is 0 Å². The van der Waals surface area contributed by atoms with Crippen LogP contribution in [0.3, 0.4) is 0 Å². The predicted octanol–water partition coefficient (Wildman–Crippen LogP) is 2.07. The van der Waals surface area contributed by atoms with E-state index in [2.05, 4.69) is 13.8 Å². The van der Waals surface area contributed by atoms with Crippen molar-refractivity contribution in [3.05, 3.63) is 0 Å². The van der Waals surface area contributed by atoms with Gasteiger partial charge in [0.1, 0.15) is 0 Å². The molecule has 0 radical (unpaired) electrons. The van der Waals surface area contributed by atoms with Gasteiger partial charge >= 0.3 is 0 Å². The van der Waals surface area contributed by atoms with Gasteiger partial charge in [0.05, 0.1) is 6.10 Å². The summed E-state index contributed by atoms with van der Waals surface area (Å²) in [5.74, 6) is 1.51. The molecule has 1 saturated heterocycles. The highest BCUT2D eigenvalue weighted by Gasteiger charge is 2.29. The minimum absolute atomic E-state index is 0.202. The van der Waals surface area contributed by atoms with E-state index >= 15 is 0 Å². The molecule has 0 aromatic heterocycles. The molecule has 1 aliphatic rings. The fourth-order valence-corrected chi connectivity index (χ4v) is 2.56. The van der Waals surface area contributed by atoms with Crippen molar-refractivity contribution >= 4 is 0 Å².